The Morgan fingerprint density at radius 1 is 1.07 bits per heavy atom. The number of rotatable bonds is 6. The fourth-order valence-corrected chi connectivity index (χ4v) is 4.19. The summed E-state index contributed by atoms with van der Waals surface area (Å²) in [6.45, 7) is 5.57. The summed E-state index contributed by atoms with van der Waals surface area (Å²) in [4.78, 5) is 17.4. The Kier molecular flexibility index (Phi) is 7.27. The smallest absolute Gasteiger partial charge is 0.251 e. The molecule has 150 valence electrons. The highest BCUT2D eigenvalue weighted by atomic mass is 16.5. The van der Waals surface area contributed by atoms with Gasteiger partial charge in [-0.15, -0.1) is 0 Å². The van der Waals surface area contributed by atoms with Crippen LogP contribution in [0.1, 0.15) is 54.4 Å². The van der Waals surface area contributed by atoms with Gasteiger partial charge in [-0.2, -0.15) is 0 Å². The number of hydrogen-bond donors (Lipinski definition) is 1. The number of likely N-dealkylation sites (tertiary alicyclic amines) is 1. The molecule has 27 heavy (non-hydrogen) atoms. The topological polar surface area (TPSA) is 44.8 Å². The van der Waals surface area contributed by atoms with Gasteiger partial charge in [-0.1, -0.05) is 25.0 Å². The van der Waals surface area contributed by atoms with E-state index in [2.05, 4.69) is 41.3 Å². The molecule has 5 heteroatoms. The van der Waals surface area contributed by atoms with Crippen LogP contribution in [0.15, 0.2) is 24.3 Å². The Bertz CT molecular complexity index is 586. The molecule has 2 aliphatic rings. The average molecular weight is 374 g/mol. The molecule has 0 atom stereocenters. The Morgan fingerprint density at radius 3 is 2.30 bits per heavy atom. The molecule has 0 saturated carbocycles. The van der Waals surface area contributed by atoms with Crippen LogP contribution < -0.4 is 5.32 Å². The van der Waals surface area contributed by atoms with Gasteiger partial charge in [0.05, 0.1) is 0 Å². The molecule has 0 unspecified atom stereocenters. The van der Waals surface area contributed by atoms with E-state index in [1.165, 1.54) is 44.3 Å². The number of likely N-dealkylation sites (N-methyl/N-ethyl adjacent to an activating group) is 1. The van der Waals surface area contributed by atoms with Gasteiger partial charge in [0, 0.05) is 37.4 Å². The number of nitrogens with one attached hydrogen (secondary N) is 1. The number of hydrogen-bond acceptors (Lipinski definition) is 4. The lowest BCUT2D eigenvalue weighted by Gasteiger charge is -2.42. The summed E-state index contributed by atoms with van der Waals surface area (Å²) >= 11 is 0. The summed E-state index contributed by atoms with van der Waals surface area (Å²) in [6.07, 6.45) is 7.23. The van der Waals surface area contributed by atoms with Crippen molar-refractivity contribution in [2.24, 2.45) is 0 Å². The van der Waals surface area contributed by atoms with Crippen molar-refractivity contribution in [3.63, 3.8) is 0 Å². The summed E-state index contributed by atoms with van der Waals surface area (Å²) < 4.78 is 5.51. The Morgan fingerprint density at radius 2 is 1.70 bits per heavy atom. The first-order valence-corrected chi connectivity index (χ1v) is 10.4. The minimum atomic E-state index is 0.000617. The average Bonchev–Trinajstić information content (AvgIpc) is 2.96. The van der Waals surface area contributed by atoms with Crippen molar-refractivity contribution in [2.45, 2.75) is 50.6 Å². The van der Waals surface area contributed by atoms with Crippen LogP contribution in [0.2, 0.25) is 0 Å². The molecule has 0 aromatic heterocycles. The number of nitrogens with zero attached hydrogens (tertiary/aromatic N) is 2. The zero-order valence-corrected chi connectivity index (χ0v) is 17.0. The lowest BCUT2D eigenvalue weighted by Crippen LogP contribution is -2.55. The normalized spacial score (nSPS) is 21.0. The summed E-state index contributed by atoms with van der Waals surface area (Å²) in [5.41, 5.74) is 2.04. The van der Waals surface area contributed by atoms with Gasteiger partial charge < -0.3 is 15.0 Å². The van der Waals surface area contributed by atoms with Crippen LogP contribution in [0.25, 0.3) is 0 Å². The van der Waals surface area contributed by atoms with Gasteiger partial charge >= 0.3 is 0 Å². The zero-order chi connectivity index (χ0) is 19.1. The highest BCUT2D eigenvalue weighted by Gasteiger charge is 2.35. The summed E-state index contributed by atoms with van der Waals surface area (Å²) in [5.74, 6) is 0.0176. The minimum absolute atomic E-state index is 0.000617. The van der Waals surface area contributed by atoms with Gasteiger partial charge in [-0.05, 0) is 70.6 Å². The van der Waals surface area contributed by atoms with Crippen LogP contribution >= 0.6 is 0 Å². The second kappa shape index (κ2) is 9.67. The number of carbonyl (C=O) groups is 1. The largest absolute Gasteiger partial charge is 0.381 e. The van der Waals surface area contributed by atoms with Gasteiger partial charge in [-0.3, -0.25) is 9.69 Å². The number of benzene rings is 1. The Balaban J connectivity index is 1.53. The third kappa shape index (κ3) is 5.53. The Hall–Kier alpha value is -1.43. The van der Waals surface area contributed by atoms with Gasteiger partial charge in [0.2, 0.25) is 0 Å². The molecule has 2 saturated heterocycles. The predicted octanol–water partition coefficient (Wildman–Crippen LogP) is 2.90. The molecule has 1 aromatic carbocycles. The van der Waals surface area contributed by atoms with Crippen molar-refractivity contribution in [1.82, 2.24) is 15.1 Å². The van der Waals surface area contributed by atoms with Crippen LogP contribution in [0.3, 0.4) is 0 Å². The standard InChI is InChI=1S/C22H35N3O2/c1-24(2)22(11-15-27-16-12-22)18-23-21(26)20-9-7-19(8-10-20)17-25-13-5-3-4-6-14-25/h7-10H,3-6,11-18H2,1-2H3,(H,23,26). The summed E-state index contributed by atoms with van der Waals surface area (Å²) in [6, 6.07) is 8.15. The molecule has 5 nitrogen and oxygen atoms in total. The van der Waals surface area contributed by atoms with E-state index in [9.17, 15) is 4.79 Å². The molecule has 2 fully saturated rings. The first kappa shape index (κ1) is 20.3. The van der Waals surface area contributed by atoms with Crippen LogP contribution in [-0.4, -0.2) is 68.2 Å². The minimum Gasteiger partial charge on any atom is -0.381 e. The lowest BCUT2D eigenvalue weighted by atomic mass is 9.88. The van der Waals surface area contributed by atoms with E-state index in [0.29, 0.717) is 6.54 Å². The summed E-state index contributed by atoms with van der Waals surface area (Å²) in [5, 5.41) is 3.15. The van der Waals surface area contributed by atoms with Crippen molar-refractivity contribution < 1.29 is 9.53 Å². The number of carbonyl (C=O) groups excluding carboxylic acids is 1. The molecular formula is C22H35N3O2. The van der Waals surface area contributed by atoms with E-state index in [-0.39, 0.29) is 11.4 Å². The third-order valence-electron chi connectivity index (χ3n) is 6.27. The molecule has 1 aromatic rings. The second-order valence-corrected chi connectivity index (χ2v) is 8.30. The van der Waals surface area contributed by atoms with E-state index in [1.54, 1.807) is 0 Å². The zero-order valence-electron chi connectivity index (χ0n) is 17.0. The van der Waals surface area contributed by atoms with E-state index < -0.39 is 0 Å². The van der Waals surface area contributed by atoms with Crippen molar-refractivity contribution in [1.29, 1.82) is 0 Å². The lowest BCUT2D eigenvalue weighted by molar-refractivity contribution is -0.00657. The molecule has 0 radical (unpaired) electrons. The fraction of sp³-hybridized carbons (Fsp3) is 0.682. The van der Waals surface area contributed by atoms with Gasteiger partial charge in [0.15, 0.2) is 0 Å². The molecule has 0 bridgehead atoms. The highest BCUT2D eigenvalue weighted by Crippen LogP contribution is 2.25. The molecular weight excluding hydrogens is 338 g/mol. The molecule has 2 heterocycles. The first-order chi connectivity index (χ1) is 13.1. The second-order valence-electron chi connectivity index (χ2n) is 8.30. The monoisotopic (exact) mass is 373 g/mol. The molecule has 1 amide bonds. The molecule has 0 spiro atoms. The van der Waals surface area contributed by atoms with Crippen molar-refractivity contribution >= 4 is 5.91 Å². The molecule has 2 aliphatic heterocycles. The Labute approximate surface area is 164 Å². The number of ether oxygens (including phenoxy) is 1. The van der Waals surface area contributed by atoms with Crippen LogP contribution in [0.4, 0.5) is 0 Å². The third-order valence-corrected chi connectivity index (χ3v) is 6.27. The van der Waals surface area contributed by atoms with Crippen LogP contribution in [0.5, 0.6) is 0 Å². The molecule has 1 N–H and O–H groups in total. The van der Waals surface area contributed by atoms with Crippen molar-refractivity contribution in [2.75, 3.05) is 46.9 Å². The van der Waals surface area contributed by atoms with E-state index >= 15 is 0 Å². The fourth-order valence-electron chi connectivity index (χ4n) is 4.19. The molecule has 3 rings (SSSR count). The van der Waals surface area contributed by atoms with Crippen molar-refractivity contribution in [3.8, 4) is 0 Å². The van der Waals surface area contributed by atoms with E-state index in [0.717, 1.165) is 38.2 Å². The first-order valence-electron chi connectivity index (χ1n) is 10.4. The highest BCUT2D eigenvalue weighted by molar-refractivity contribution is 5.94. The van der Waals surface area contributed by atoms with Gasteiger partial charge in [-0.25, -0.2) is 0 Å². The predicted molar refractivity (Wildman–Crippen MR) is 109 cm³/mol. The maximum absolute atomic E-state index is 12.6. The maximum atomic E-state index is 12.6. The van der Waals surface area contributed by atoms with Crippen LogP contribution in [-0.2, 0) is 11.3 Å². The van der Waals surface area contributed by atoms with E-state index in [1.807, 2.05) is 12.1 Å². The number of amides is 1. The maximum Gasteiger partial charge on any atom is 0.251 e. The van der Waals surface area contributed by atoms with E-state index in [4.69, 9.17) is 4.74 Å². The van der Waals surface area contributed by atoms with Gasteiger partial charge in [0.25, 0.3) is 5.91 Å². The molecule has 0 aliphatic carbocycles. The van der Waals surface area contributed by atoms with Gasteiger partial charge in [0.1, 0.15) is 0 Å². The van der Waals surface area contributed by atoms with Crippen molar-refractivity contribution in [3.05, 3.63) is 35.4 Å². The summed E-state index contributed by atoms with van der Waals surface area (Å²) in [7, 11) is 4.18. The quantitative estimate of drug-likeness (QED) is 0.833. The van der Waals surface area contributed by atoms with Crippen LogP contribution in [0, 0.1) is 0 Å². The SMILES string of the molecule is CN(C)C1(CNC(=O)c2ccc(CN3CCCCCC3)cc2)CCOCC1.